The molecule has 2 aromatic rings. The van der Waals surface area contributed by atoms with E-state index in [0.717, 1.165) is 0 Å². The highest BCUT2D eigenvalue weighted by molar-refractivity contribution is 7.08. The molecule has 2 N–H and O–H groups in total. The van der Waals surface area contributed by atoms with Gasteiger partial charge in [0, 0.05) is 30.0 Å². The average Bonchev–Trinajstić information content (AvgIpc) is 3.27. The van der Waals surface area contributed by atoms with Crippen molar-refractivity contribution < 1.29 is 28.6 Å². The lowest BCUT2D eigenvalue weighted by Crippen LogP contribution is -2.25. The summed E-state index contributed by atoms with van der Waals surface area (Å²) in [5.74, 6) is -0.0742. The summed E-state index contributed by atoms with van der Waals surface area (Å²) in [6, 6.07) is 6.85. The van der Waals surface area contributed by atoms with Crippen molar-refractivity contribution in [3.63, 3.8) is 0 Å². The second-order valence-corrected chi connectivity index (χ2v) is 6.88. The number of anilines is 1. The Morgan fingerprint density at radius 3 is 2.57 bits per heavy atom. The van der Waals surface area contributed by atoms with Gasteiger partial charge in [0.2, 0.25) is 0 Å². The fourth-order valence-corrected chi connectivity index (χ4v) is 3.12. The number of carbonyl (C=O) groups is 3. The van der Waals surface area contributed by atoms with E-state index in [1.807, 2.05) is 19.2 Å². The van der Waals surface area contributed by atoms with Crippen LogP contribution in [-0.2, 0) is 14.3 Å². The molecule has 1 aromatic heterocycles. The highest BCUT2D eigenvalue weighted by atomic mass is 32.1. The zero-order valence-electron chi connectivity index (χ0n) is 17.1. The molecule has 0 saturated heterocycles. The summed E-state index contributed by atoms with van der Waals surface area (Å²) in [6.45, 7) is 4.57. The molecule has 0 aliphatic carbocycles. The van der Waals surface area contributed by atoms with Crippen LogP contribution in [0.3, 0.4) is 0 Å². The van der Waals surface area contributed by atoms with Crippen LogP contribution in [0.15, 0.2) is 35.0 Å². The van der Waals surface area contributed by atoms with Gasteiger partial charge in [-0.3, -0.25) is 14.4 Å². The normalized spacial score (nSPS) is 10.2. The highest BCUT2D eigenvalue weighted by Gasteiger charge is 2.12. The number of rotatable bonds is 12. The fraction of sp³-hybridized carbons (Fsp3) is 0.381. The first-order valence-electron chi connectivity index (χ1n) is 9.69. The van der Waals surface area contributed by atoms with Crippen LogP contribution in [0.25, 0.3) is 0 Å². The zero-order chi connectivity index (χ0) is 21.8. The Morgan fingerprint density at radius 2 is 1.87 bits per heavy atom. The quantitative estimate of drug-likeness (QED) is 0.393. The first kappa shape index (κ1) is 23.2. The minimum Gasteiger partial charge on any atom is -0.494 e. The predicted octanol–water partition coefficient (Wildman–Crippen LogP) is 3.24. The van der Waals surface area contributed by atoms with E-state index >= 15 is 0 Å². The third kappa shape index (κ3) is 7.75. The van der Waals surface area contributed by atoms with Crippen molar-refractivity contribution in [2.75, 3.05) is 31.7 Å². The van der Waals surface area contributed by atoms with Crippen LogP contribution >= 0.6 is 11.3 Å². The molecule has 0 saturated carbocycles. The second-order valence-electron chi connectivity index (χ2n) is 6.10. The van der Waals surface area contributed by atoms with Gasteiger partial charge >= 0.3 is 5.97 Å². The molecule has 2 rings (SSSR count). The molecule has 0 spiro atoms. The van der Waals surface area contributed by atoms with Crippen molar-refractivity contribution in [3.8, 4) is 11.5 Å². The first-order chi connectivity index (χ1) is 14.5. The van der Waals surface area contributed by atoms with E-state index in [0.29, 0.717) is 48.9 Å². The molecule has 0 atom stereocenters. The van der Waals surface area contributed by atoms with Crippen LogP contribution in [0.1, 0.15) is 37.0 Å². The van der Waals surface area contributed by atoms with Gasteiger partial charge in [0.1, 0.15) is 11.5 Å². The topological polar surface area (TPSA) is 103 Å². The monoisotopic (exact) mass is 434 g/mol. The van der Waals surface area contributed by atoms with Crippen molar-refractivity contribution in [1.82, 2.24) is 5.32 Å². The molecule has 9 heteroatoms. The summed E-state index contributed by atoms with van der Waals surface area (Å²) < 4.78 is 15.9. The number of benzene rings is 1. The van der Waals surface area contributed by atoms with Gasteiger partial charge in [-0.05, 0) is 43.8 Å². The summed E-state index contributed by atoms with van der Waals surface area (Å²) in [7, 11) is 0. The summed E-state index contributed by atoms with van der Waals surface area (Å²) in [4.78, 5) is 35.8. The SMILES string of the molecule is CCOc1ccc(OCC)c(NC(=O)COC(=O)CCCNC(=O)c2ccsc2)c1. The molecule has 1 aromatic carbocycles. The molecule has 0 radical (unpaired) electrons. The van der Waals surface area contributed by atoms with Gasteiger partial charge in [0.15, 0.2) is 6.61 Å². The molecule has 30 heavy (non-hydrogen) atoms. The van der Waals surface area contributed by atoms with Crippen molar-refractivity contribution in [2.45, 2.75) is 26.7 Å². The maximum absolute atomic E-state index is 12.2. The van der Waals surface area contributed by atoms with Crippen LogP contribution in [0.5, 0.6) is 11.5 Å². The number of hydrogen-bond acceptors (Lipinski definition) is 7. The summed E-state index contributed by atoms with van der Waals surface area (Å²) in [5.41, 5.74) is 1.04. The fourth-order valence-electron chi connectivity index (χ4n) is 2.48. The number of amides is 2. The molecule has 0 unspecified atom stereocenters. The van der Waals surface area contributed by atoms with Gasteiger partial charge in [-0.1, -0.05) is 0 Å². The van der Waals surface area contributed by atoms with Crippen molar-refractivity contribution in [1.29, 1.82) is 0 Å². The standard InChI is InChI=1S/C21H26N2O6S/c1-3-27-16-7-8-18(28-4-2)17(12-16)23-19(24)13-29-20(25)6-5-10-22-21(26)15-9-11-30-14-15/h7-9,11-12,14H,3-6,10,13H2,1-2H3,(H,22,26)(H,23,24). The Balaban J connectivity index is 1.72. The Hall–Kier alpha value is -3.07. The van der Waals surface area contributed by atoms with Gasteiger partial charge in [0.25, 0.3) is 11.8 Å². The van der Waals surface area contributed by atoms with E-state index in [2.05, 4.69) is 10.6 Å². The molecule has 0 aliphatic heterocycles. The number of hydrogen-bond donors (Lipinski definition) is 2. The van der Waals surface area contributed by atoms with E-state index < -0.39 is 18.5 Å². The van der Waals surface area contributed by atoms with E-state index in [-0.39, 0.29) is 12.3 Å². The predicted molar refractivity (Wildman–Crippen MR) is 114 cm³/mol. The molecular formula is C21H26N2O6S. The van der Waals surface area contributed by atoms with Gasteiger partial charge in [0.05, 0.1) is 18.9 Å². The van der Waals surface area contributed by atoms with Gasteiger partial charge < -0.3 is 24.8 Å². The molecule has 0 aliphatic rings. The van der Waals surface area contributed by atoms with Crippen LogP contribution < -0.4 is 20.1 Å². The number of carbonyl (C=O) groups excluding carboxylic acids is 3. The third-order valence-electron chi connectivity index (χ3n) is 3.83. The van der Waals surface area contributed by atoms with Crippen molar-refractivity contribution >= 4 is 34.8 Å². The zero-order valence-corrected chi connectivity index (χ0v) is 17.9. The number of ether oxygens (including phenoxy) is 3. The van der Waals surface area contributed by atoms with Gasteiger partial charge in [-0.15, -0.1) is 0 Å². The minimum absolute atomic E-state index is 0.0984. The average molecular weight is 435 g/mol. The van der Waals surface area contributed by atoms with Crippen LogP contribution in [0.2, 0.25) is 0 Å². The first-order valence-corrected chi connectivity index (χ1v) is 10.6. The van der Waals surface area contributed by atoms with E-state index in [1.54, 1.807) is 29.6 Å². The molecule has 2 amide bonds. The maximum Gasteiger partial charge on any atom is 0.306 e. The lowest BCUT2D eigenvalue weighted by atomic mass is 10.2. The second kappa shape index (κ2) is 12.5. The van der Waals surface area contributed by atoms with E-state index in [1.165, 1.54) is 11.3 Å². The van der Waals surface area contributed by atoms with Gasteiger partial charge in [-0.25, -0.2) is 0 Å². The van der Waals surface area contributed by atoms with Crippen LogP contribution in [0.4, 0.5) is 5.69 Å². The number of esters is 1. The van der Waals surface area contributed by atoms with E-state index in [9.17, 15) is 14.4 Å². The Kier molecular flexibility index (Phi) is 9.66. The van der Waals surface area contributed by atoms with Crippen molar-refractivity contribution in [2.24, 2.45) is 0 Å². The van der Waals surface area contributed by atoms with Crippen LogP contribution in [0, 0.1) is 0 Å². The smallest absolute Gasteiger partial charge is 0.306 e. The Morgan fingerprint density at radius 1 is 1.07 bits per heavy atom. The molecular weight excluding hydrogens is 408 g/mol. The lowest BCUT2D eigenvalue weighted by Gasteiger charge is -2.13. The molecule has 162 valence electrons. The number of nitrogens with one attached hydrogen (secondary N) is 2. The summed E-state index contributed by atoms with van der Waals surface area (Å²) in [5, 5.41) is 8.97. The Bertz CT molecular complexity index is 838. The number of thiophene rings is 1. The third-order valence-corrected chi connectivity index (χ3v) is 4.51. The van der Waals surface area contributed by atoms with Crippen molar-refractivity contribution in [3.05, 3.63) is 40.6 Å². The molecule has 0 bridgehead atoms. The summed E-state index contributed by atoms with van der Waals surface area (Å²) in [6.07, 6.45) is 0.516. The van der Waals surface area contributed by atoms with Crippen LogP contribution in [-0.4, -0.2) is 44.1 Å². The Labute approximate surface area is 179 Å². The molecule has 8 nitrogen and oxygen atoms in total. The largest absolute Gasteiger partial charge is 0.494 e. The maximum atomic E-state index is 12.2. The van der Waals surface area contributed by atoms with Gasteiger partial charge in [-0.2, -0.15) is 11.3 Å². The lowest BCUT2D eigenvalue weighted by molar-refractivity contribution is -0.147. The minimum atomic E-state index is -0.511. The van der Waals surface area contributed by atoms with E-state index in [4.69, 9.17) is 14.2 Å². The highest BCUT2D eigenvalue weighted by Crippen LogP contribution is 2.29. The molecule has 1 heterocycles. The summed E-state index contributed by atoms with van der Waals surface area (Å²) >= 11 is 1.44. The molecule has 0 fully saturated rings.